The molecule has 0 aliphatic rings. The van der Waals surface area contributed by atoms with Crippen molar-refractivity contribution >= 4 is 5.82 Å². The molecule has 0 saturated carbocycles. The van der Waals surface area contributed by atoms with Crippen LogP contribution in [0.25, 0.3) is 0 Å². The van der Waals surface area contributed by atoms with E-state index in [0.717, 1.165) is 12.1 Å². The summed E-state index contributed by atoms with van der Waals surface area (Å²) in [5, 5.41) is 6.68. The molecule has 2 aromatic rings. The first kappa shape index (κ1) is 9.73. The zero-order chi connectivity index (χ0) is 10.7. The monoisotopic (exact) mass is 202 g/mol. The second kappa shape index (κ2) is 4.14. The summed E-state index contributed by atoms with van der Waals surface area (Å²) in [5.41, 5.74) is 13.6. The molecule has 15 heavy (non-hydrogen) atoms. The molecule has 4 nitrogen and oxygen atoms in total. The standard InChI is InChI=1S/C11H14N4/c12-9(10-7-11(13)15-14-10)6-8-4-2-1-3-5-8/h1-5,7,9H,6,12H2,(H3,13,14,15)/t9-/m0/s1. The largest absolute Gasteiger partial charge is 0.382 e. The van der Waals surface area contributed by atoms with Crippen LogP contribution < -0.4 is 11.5 Å². The quantitative estimate of drug-likeness (QED) is 0.700. The van der Waals surface area contributed by atoms with Gasteiger partial charge in [-0.3, -0.25) is 5.10 Å². The number of nitrogens with zero attached hydrogens (tertiary/aromatic N) is 1. The Labute approximate surface area is 88.3 Å². The fraction of sp³-hybridized carbons (Fsp3) is 0.182. The molecule has 4 heteroatoms. The SMILES string of the molecule is Nc1cc([C@@H](N)Cc2ccccc2)[nH]n1. The lowest BCUT2D eigenvalue weighted by Gasteiger charge is -2.08. The second-order valence-electron chi connectivity index (χ2n) is 3.54. The van der Waals surface area contributed by atoms with Gasteiger partial charge in [0.25, 0.3) is 0 Å². The summed E-state index contributed by atoms with van der Waals surface area (Å²) in [6.07, 6.45) is 0.780. The third-order valence-corrected chi connectivity index (χ3v) is 2.32. The zero-order valence-corrected chi connectivity index (χ0v) is 8.35. The number of aromatic nitrogens is 2. The average molecular weight is 202 g/mol. The van der Waals surface area contributed by atoms with E-state index >= 15 is 0 Å². The van der Waals surface area contributed by atoms with Gasteiger partial charge in [-0.2, -0.15) is 5.10 Å². The van der Waals surface area contributed by atoms with Gasteiger partial charge in [-0.05, 0) is 12.0 Å². The number of hydrogen-bond donors (Lipinski definition) is 3. The lowest BCUT2D eigenvalue weighted by atomic mass is 10.0. The molecule has 1 aromatic heterocycles. The molecule has 0 spiro atoms. The highest BCUT2D eigenvalue weighted by atomic mass is 15.2. The fourth-order valence-corrected chi connectivity index (χ4v) is 1.52. The summed E-state index contributed by atoms with van der Waals surface area (Å²) in [7, 11) is 0. The molecule has 2 rings (SSSR count). The van der Waals surface area contributed by atoms with Crippen LogP contribution in [0, 0.1) is 0 Å². The molecule has 0 bridgehead atoms. The van der Waals surface area contributed by atoms with Crippen molar-refractivity contribution in [1.29, 1.82) is 0 Å². The minimum Gasteiger partial charge on any atom is -0.382 e. The van der Waals surface area contributed by atoms with Crippen LogP contribution in [0.2, 0.25) is 0 Å². The Kier molecular flexibility index (Phi) is 2.69. The first-order valence-electron chi connectivity index (χ1n) is 4.86. The molecule has 0 fully saturated rings. The smallest absolute Gasteiger partial charge is 0.145 e. The van der Waals surface area contributed by atoms with Crippen LogP contribution >= 0.6 is 0 Å². The van der Waals surface area contributed by atoms with Crippen molar-refractivity contribution < 1.29 is 0 Å². The number of aromatic amines is 1. The molecule has 0 radical (unpaired) electrons. The van der Waals surface area contributed by atoms with Crippen molar-refractivity contribution in [3.05, 3.63) is 47.7 Å². The first-order chi connectivity index (χ1) is 7.25. The predicted molar refractivity (Wildman–Crippen MR) is 60.1 cm³/mol. The highest BCUT2D eigenvalue weighted by molar-refractivity contribution is 5.30. The van der Waals surface area contributed by atoms with Crippen molar-refractivity contribution in [3.63, 3.8) is 0 Å². The van der Waals surface area contributed by atoms with Gasteiger partial charge >= 0.3 is 0 Å². The maximum atomic E-state index is 6.01. The van der Waals surface area contributed by atoms with E-state index in [1.54, 1.807) is 6.07 Å². The Balaban J connectivity index is 2.07. The van der Waals surface area contributed by atoms with Crippen molar-refractivity contribution in [1.82, 2.24) is 10.2 Å². The van der Waals surface area contributed by atoms with Crippen molar-refractivity contribution in [2.75, 3.05) is 5.73 Å². The van der Waals surface area contributed by atoms with Crippen LogP contribution in [0.5, 0.6) is 0 Å². The molecule has 5 N–H and O–H groups in total. The van der Waals surface area contributed by atoms with Gasteiger partial charge in [0.2, 0.25) is 0 Å². The van der Waals surface area contributed by atoms with Gasteiger partial charge in [-0.1, -0.05) is 30.3 Å². The average Bonchev–Trinajstić information content (AvgIpc) is 2.66. The number of nitrogens with one attached hydrogen (secondary N) is 1. The van der Waals surface area contributed by atoms with Gasteiger partial charge in [-0.15, -0.1) is 0 Å². The summed E-state index contributed by atoms with van der Waals surface area (Å²) in [4.78, 5) is 0. The first-order valence-corrected chi connectivity index (χ1v) is 4.86. The molecule has 0 saturated heterocycles. The number of benzene rings is 1. The fourth-order valence-electron chi connectivity index (χ4n) is 1.52. The highest BCUT2D eigenvalue weighted by Crippen LogP contribution is 2.15. The van der Waals surface area contributed by atoms with E-state index in [-0.39, 0.29) is 6.04 Å². The van der Waals surface area contributed by atoms with Crippen molar-refractivity contribution in [2.24, 2.45) is 5.73 Å². The van der Waals surface area contributed by atoms with Gasteiger partial charge in [0.1, 0.15) is 5.82 Å². The topological polar surface area (TPSA) is 80.7 Å². The third-order valence-electron chi connectivity index (χ3n) is 2.32. The lowest BCUT2D eigenvalue weighted by Crippen LogP contribution is -2.13. The van der Waals surface area contributed by atoms with Crippen LogP contribution in [-0.2, 0) is 6.42 Å². The third kappa shape index (κ3) is 2.35. The minimum atomic E-state index is -0.0859. The molecule has 78 valence electrons. The molecule has 0 aliphatic carbocycles. The Morgan fingerprint density at radius 3 is 2.60 bits per heavy atom. The van der Waals surface area contributed by atoms with Gasteiger partial charge in [-0.25, -0.2) is 0 Å². The van der Waals surface area contributed by atoms with Crippen LogP contribution in [0.3, 0.4) is 0 Å². The molecule has 0 amide bonds. The van der Waals surface area contributed by atoms with Crippen LogP contribution in [0.15, 0.2) is 36.4 Å². The zero-order valence-electron chi connectivity index (χ0n) is 8.35. The summed E-state index contributed by atoms with van der Waals surface area (Å²) in [5.74, 6) is 0.480. The minimum absolute atomic E-state index is 0.0859. The van der Waals surface area contributed by atoms with E-state index in [0.29, 0.717) is 5.82 Å². The number of rotatable bonds is 3. The summed E-state index contributed by atoms with van der Waals surface area (Å²) >= 11 is 0. The summed E-state index contributed by atoms with van der Waals surface area (Å²) in [6, 6.07) is 11.8. The van der Waals surface area contributed by atoms with E-state index in [9.17, 15) is 0 Å². The Morgan fingerprint density at radius 1 is 1.27 bits per heavy atom. The molecule has 1 aromatic carbocycles. The van der Waals surface area contributed by atoms with E-state index < -0.39 is 0 Å². The van der Waals surface area contributed by atoms with E-state index in [1.165, 1.54) is 5.56 Å². The van der Waals surface area contributed by atoms with Gasteiger partial charge < -0.3 is 11.5 Å². The number of nitrogens with two attached hydrogens (primary N) is 2. The van der Waals surface area contributed by atoms with Crippen molar-refractivity contribution in [2.45, 2.75) is 12.5 Å². The van der Waals surface area contributed by atoms with E-state index in [4.69, 9.17) is 11.5 Å². The molecule has 0 aliphatic heterocycles. The van der Waals surface area contributed by atoms with E-state index in [2.05, 4.69) is 22.3 Å². The van der Waals surface area contributed by atoms with Gasteiger partial charge in [0.15, 0.2) is 0 Å². The maximum absolute atomic E-state index is 6.01. The van der Waals surface area contributed by atoms with E-state index in [1.807, 2.05) is 18.2 Å². The number of nitrogen functional groups attached to an aromatic ring is 1. The van der Waals surface area contributed by atoms with Crippen molar-refractivity contribution in [3.8, 4) is 0 Å². The van der Waals surface area contributed by atoms with Gasteiger partial charge in [0.05, 0.1) is 11.7 Å². The number of anilines is 1. The summed E-state index contributed by atoms with van der Waals surface area (Å²) in [6.45, 7) is 0. The van der Waals surface area contributed by atoms with Gasteiger partial charge in [0, 0.05) is 6.07 Å². The summed E-state index contributed by atoms with van der Waals surface area (Å²) < 4.78 is 0. The molecule has 1 atom stereocenters. The lowest BCUT2D eigenvalue weighted by molar-refractivity contribution is 0.692. The molecule has 1 heterocycles. The Morgan fingerprint density at radius 2 is 2.00 bits per heavy atom. The Bertz CT molecular complexity index is 421. The Hall–Kier alpha value is -1.81. The number of H-pyrrole nitrogens is 1. The molecular weight excluding hydrogens is 188 g/mol. The van der Waals surface area contributed by atoms with Crippen LogP contribution in [0.4, 0.5) is 5.82 Å². The predicted octanol–water partition coefficient (Wildman–Crippen LogP) is 1.23. The van der Waals surface area contributed by atoms with Crippen LogP contribution in [-0.4, -0.2) is 10.2 Å². The number of hydrogen-bond acceptors (Lipinski definition) is 3. The van der Waals surface area contributed by atoms with Crippen LogP contribution in [0.1, 0.15) is 17.3 Å². The normalized spacial score (nSPS) is 12.6. The molecular formula is C11H14N4. The second-order valence-corrected chi connectivity index (χ2v) is 3.54. The maximum Gasteiger partial charge on any atom is 0.145 e. The highest BCUT2D eigenvalue weighted by Gasteiger charge is 2.09. The molecule has 0 unspecified atom stereocenters.